The summed E-state index contributed by atoms with van der Waals surface area (Å²) in [6.45, 7) is 6.10. The Kier molecular flexibility index (Phi) is 5.17. The van der Waals surface area contributed by atoms with Gasteiger partial charge in [-0.25, -0.2) is 18.1 Å². The Hall–Kier alpha value is -3.04. The molecule has 2 heterocycles. The van der Waals surface area contributed by atoms with E-state index in [0.717, 1.165) is 28.8 Å². The molecule has 8 nitrogen and oxygen atoms in total. The number of benzene rings is 2. The Bertz CT molecular complexity index is 1340. The topological polar surface area (TPSA) is 103 Å². The van der Waals surface area contributed by atoms with Gasteiger partial charge in [-0.15, -0.1) is 0 Å². The first-order valence-corrected chi connectivity index (χ1v) is 11.1. The number of nitrogens with one attached hydrogen (secondary N) is 1. The van der Waals surface area contributed by atoms with E-state index < -0.39 is 10.0 Å². The summed E-state index contributed by atoms with van der Waals surface area (Å²) in [6.07, 6.45) is 0.780. The van der Waals surface area contributed by atoms with Gasteiger partial charge in [0.25, 0.3) is 5.89 Å². The van der Waals surface area contributed by atoms with Crippen molar-refractivity contribution in [2.24, 2.45) is 0 Å². The summed E-state index contributed by atoms with van der Waals surface area (Å²) in [6, 6.07) is 11.3. The van der Waals surface area contributed by atoms with E-state index in [4.69, 9.17) is 4.52 Å². The fourth-order valence-corrected chi connectivity index (χ4v) is 4.55. The maximum Gasteiger partial charge on any atom is 0.258 e. The van der Waals surface area contributed by atoms with Crippen LogP contribution in [-0.2, 0) is 23.0 Å². The first kappa shape index (κ1) is 20.2. The minimum atomic E-state index is -3.60. The smallest absolute Gasteiger partial charge is 0.258 e. The van der Waals surface area contributed by atoms with Crippen molar-refractivity contribution in [2.45, 2.75) is 38.6 Å². The average molecular weight is 426 g/mol. The fourth-order valence-electron chi connectivity index (χ4n) is 3.49. The lowest BCUT2D eigenvalue weighted by Gasteiger charge is -2.10. The SMILES string of the molecule is CCc1nc2ccccc2n1Cc1noc(-c2cc(C)c(C)c(S(=O)(=O)NC)c2)n1. The minimum Gasteiger partial charge on any atom is -0.334 e. The van der Waals surface area contributed by atoms with Gasteiger partial charge in [0.2, 0.25) is 10.0 Å². The molecule has 2 aromatic heterocycles. The lowest BCUT2D eigenvalue weighted by Crippen LogP contribution is -2.20. The van der Waals surface area contributed by atoms with Crippen LogP contribution in [0.1, 0.15) is 29.7 Å². The minimum absolute atomic E-state index is 0.202. The summed E-state index contributed by atoms with van der Waals surface area (Å²) < 4.78 is 34.7. The molecule has 9 heteroatoms. The molecule has 0 unspecified atom stereocenters. The fraction of sp³-hybridized carbons (Fsp3) is 0.286. The number of aromatic nitrogens is 4. The molecule has 0 bridgehead atoms. The van der Waals surface area contributed by atoms with E-state index >= 15 is 0 Å². The van der Waals surface area contributed by atoms with Crippen molar-refractivity contribution in [3.8, 4) is 11.5 Å². The van der Waals surface area contributed by atoms with Gasteiger partial charge < -0.3 is 9.09 Å². The highest BCUT2D eigenvalue weighted by molar-refractivity contribution is 7.89. The number of para-hydroxylation sites is 2. The lowest BCUT2D eigenvalue weighted by molar-refractivity contribution is 0.420. The molecule has 30 heavy (non-hydrogen) atoms. The van der Waals surface area contributed by atoms with Crippen molar-refractivity contribution in [3.63, 3.8) is 0 Å². The third-order valence-electron chi connectivity index (χ3n) is 5.24. The van der Waals surface area contributed by atoms with Crippen LogP contribution in [0.2, 0.25) is 0 Å². The highest BCUT2D eigenvalue weighted by atomic mass is 32.2. The number of rotatable bonds is 6. The molecule has 0 amide bonds. The zero-order chi connectivity index (χ0) is 21.5. The van der Waals surface area contributed by atoms with Crippen molar-refractivity contribution in [1.82, 2.24) is 24.4 Å². The summed E-state index contributed by atoms with van der Waals surface area (Å²) in [5.41, 5.74) is 4.01. The molecule has 0 saturated heterocycles. The molecule has 2 aromatic carbocycles. The predicted molar refractivity (Wildman–Crippen MR) is 114 cm³/mol. The Morgan fingerprint density at radius 2 is 1.90 bits per heavy atom. The normalized spacial score (nSPS) is 12.0. The van der Waals surface area contributed by atoms with Crippen LogP contribution >= 0.6 is 0 Å². The van der Waals surface area contributed by atoms with E-state index in [1.54, 1.807) is 13.0 Å². The molecular formula is C21H23N5O3S. The van der Waals surface area contributed by atoms with E-state index in [0.29, 0.717) is 23.5 Å². The van der Waals surface area contributed by atoms with E-state index in [1.807, 2.05) is 37.3 Å². The van der Waals surface area contributed by atoms with Gasteiger partial charge in [0.15, 0.2) is 5.82 Å². The summed E-state index contributed by atoms with van der Waals surface area (Å²) in [4.78, 5) is 9.38. The molecule has 4 aromatic rings. The van der Waals surface area contributed by atoms with Crippen LogP contribution in [0.25, 0.3) is 22.5 Å². The van der Waals surface area contributed by atoms with Crippen LogP contribution in [0.4, 0.5) is 0 Å². The van der Waals surface area contributed by atoms with E-state index in [-0.39, 0.29) is 10.8 Å². The van der Waals surface area contributed by atoms with Gasteiger partial charge in [-0.05, 0) is 56.3 Å². The van der Waals surface area contributed by atoms with Gasteiger partial charge in [0, 0.05) is 12.0 Å². The predicted octanol–water partition coefficient (Wildman–Crippen LogP) is 3.22. The third kappa shape index (κ3) is 3.50. The molecule has 0 saturated carbocycles. The molecule has 0 aliphatic carbocycles. The van der Waals surface area contributed by atoms with E-state index in [1.165, 1.54) is 7.05 Å². The Balaban J connectivity index is 1.73. The van der Waals surface area contributed by atoms with Crippen molar-refractivity contribution in [3.05, 3.63) is 59.2 Å². The molecule has 0 spiro atoms. The number of nitrogens with zero attached hydrogens (tertiary/aromatic N) is 4. The molecule has 0 aliphatic rings. The van der Waals surface area contributed by atoms with Gasteiger partial charge in [-0.2, -0.15) is 4.98 Å². The second-order valence-electron chi connectivity index (χ2n) is 7.10. The number of fused-ring (bicyclic) bond motifs is 1. The number of hydrogen-bond donors (Lipinski definition) is 1. The quantitative estimate of drug-likeness (QED) is 0.509. The van der Waals surface area contributed by atoms with Gasteiger partial charge in [0.1, 0.15) is 5.82 Å². The van der Waals surface area contributed by atoms with Crippen molar-refractivity contribution in [2.75, 3.05) is 7.05 Å². The highest BCUT2D eigenvalue weighted by Crippen LogP contribution is 2.27. The van der Waals surface area contributed by atoms with Gasteiger partial charge in [-0.3, -0.25) is 0 Å². The van der Waals surface area contributed by atoms with Crippen molar-refractivity contribution < 1.29 is 12.9 Å². The first-order valence-electron chi connectivity index (χ1n) is 9.66. The number of imidazole rings is 1. The van der Waals surface area contributed by atoms with Crippen LogP contribution < -0.4 is 4.72 Å². The summed E-state index contributed by atoms with van der Waals surface area (Å²) in [7, 11) is -2.21. The van der Waals surface area contributed by atoms with Crippen LogP contribution in [0.3, 0.4) is 0 Å². The van der Waals surface area contributed by atoms with Crippen LogP contribution in [0, 0.1) is 13.8 Å². The molecule has 0 fully saturated rings. The van der Waals surface area contributed by atoms with Crippen molar-refractivity contribution in [1.29, 1.82) is 0 Å². The first-order chi connectivity index (χ1) is 14.3. The lowest BCUT2D eigenvalue weighted by atomic mass is 10.1. The molecule has 0 atom stereocenters. The molecular weight excluding hydrogens is 402 g/mol. The Labute approximate surface area is 175 Å². The third-order valence-corrected chi connectivity index (χ3v) is 6.78. The number of aryl methyl sites for hydroxylation is 2. The zero-order valence-corrected chi connectivity index (χ0v) is 18.1. The molecule has 1 N–H and O–H groups in total. The summed E-state index contributed by atoms with van der Waals surface area (Å²) in [5.74, 6) is 1.72. The van der Waals surface area contributed by atoms with Gasteiger partial charge in [-0.1, -0.05) is 24.2 Å². The number of sulfonamides is 1. The largest absolute Gasteiger partial charge is 0.334 e. The van der Waals surface area contributed by atoms with Gasteiger partial charge >= 0.3 is 0 Å². The molecule has 0 radical (unpaired) electrons. The zero-order valence-electron chi connectivity index (χ0n) is 17.3. The Morgan fingerprint density at radius 3 is 2.63 bits per heavy atom. The van der Waals surface area contributed by atoms with E-state index in [2.05, 4.69) is 31.3 Å². The number of hydrogen-bond acceptors (Lipinski definition) is 6. The molecule has 4 rings (SSSR count). The van der Waals surface area contributed by atoms with Crippen LogP contribution in [0.15, 0.2) is 45.8 Å². The Morgan fingerprint density at radius 1 is 1.13 bits per heavy atom. The maximum atomic E-state index is 12.4. The monoisotopic (exact) mass is 425 g/mol. The summed E-state index contributed by atoms with van der Waals surface area (Å²) >= 11 is 0. The standard InChI is InChI=1S/C21H23N5O3S/c1-5-20-23-16-8-6-7-9-17(16)26(20)12-19-24-21(29-25-19)15-10-13(2)14(3)18(11-15)30(27,28)22-4/h6-11,22H,5,12H2,1-4H3. The molecule has 0 aliphatic heterocycles. The van der Waals surface area contributed by atoms with Crippen molar-refractivity contribution >= 4 is 21.1 Å². The van der Waals surface area contributed by atoms with Crippen LogP contribution in [-0.4, -0.2) is 35.2 Å². The second kappa shape index (κ2) is 7.66. The second-order valence-corrected chi connectivity index (χ2v) is 8.95. The average Bonchev–Trinajstić information content (AvgIpc) is 3.35. The summed E-state index contributed by atoms with van der Waals surface area (Å²) in [5, 5.41) is 4.11. The highest BCUT2D eigenvalue weighted by Gasteiger charge is 2.20. The van der Waals surface area contributed by atoms with E-state index in [9.17, 15) is 8.42 Å². The maximum absolute atomic E-state index is 12.4. The van der Waals surface area contributed by atoms with Gasteiger partial charge in [0.05, 0.1) is 22.5 Å². The van der Waals surface area contributed by atoms with Crippen LogP contribution in [0.5, 0.6) is 0 Å². The molecule has 156 valence electrons.